The van der Waals surface area contributed by atoms with Gasteiger partial charge in [-0.05, 0) is 25.7 Å². The first kappa shape index (κ1) is 17.7. The maximum absolute atomic E-state index is 4.51. The second kappa shape index (κ2) is 9.59. The third kappa shape index (κ3) is 5.52. The molecule has 1 aromatic rings. The second-order valence-corrected chi connectivity index (χ2v) is 5.94. The lowest BCUT2D eigenvalue weighted by molar-refractivity contribution is 0.561. The molecule has 1 heterocycles. The van der Waals surface area contributed by atoms with E-state index in [2.05, 4.69) is 55.2 Å². The number of nitrogens with zero attached hydrogens (tertiary/aromatic N) is 2. The Labute approximate surface area is 130 Å². The van der Waals surface area contributed by atoms with Crippen LogP contribution in [0, 0.1) is 0 Å². The summed E-state index contributed by atoms with van der Waals surface area (Å²) in [7, 11) is 0. The number of rotatable bonds is 10. The molecule has 0 aliphatic carbocycles. The van der Waals surface area contributed by atoms with E-state index in [4.69, 9.17) is 0 Å². The first-order valence-corrected chi connectivity index (χ1v) is 8.49. The van der Waals surface area contributed by atoms with Gasteiger partial charge in [0.2, 0.25) is 0 Å². The van der Waals surface area contributed by atoms with Crippen molar-refractivity contribution < 1.29 is 0 Å². The summed E-state index contributed by atoms with van der Waals surface area (Å²) in [6.45, 7) is 11.9. The van der Waals surface area contributed by atoms with E-state index >= 15 is 0 Å². The van der Waals surface area contributed by atoms with E-state index in [-0.39, 0.29) is 0 Å². The van der Waals surface area contributed by atoms with Crippen LogP contribution in [0.5, 0.6) is 0 Å². The summed E-state index contributed by atoms with van der Waals surface area (Å²) in [5.74, 6) is 2.37. The molecule has 1 unspecified atom stereocenters. The fourth-order valence-electron chi connectivity index (χ4n) is 2.65. The highest BCUT2D eigenvalue weighted by Gasteiger charge is 2.17. The number of hydrogen-bond acceptors (Lipinski definition) is 4. The van der Waals surface area contributed by atoms with E-state index in [1.807, 2.05) is 0 Å². The van der Waals surface area contributed by atoms with Crippen molar-refractivity contribution in [3.05, 3.63) is 11.9 Å². The standard InChI is InChI=1S/C17H32N4/c1-6-9-11-14(10-7-2)21-17-15(13(4)5)16(18-8-3)19-12-20-17/h12-14H,6-11H2,1-5H3,(H2,18,19,20,21). The number of hydrogen-bond donors (Lipinski definition) is 2. The van der Waals surface area contributed by atoms with Gasteiger partial charge in [-0.25, -0.2) is 9.97 Å². The SMILES string of the molecule is CCCCC(CCC)Nc1ncnc(NCC)c1C(C)C. The topological polar surface area (TPSA) is 49.8 Å². The molecule has 0 radical (unpaired) electrons. The van der Waals surface area contributed by atoms with Gasteiger partial charge < -0.3 is 10.6 Å². The van der Waals surface area contributed by atoms with Crippen LogP contribution < -0.4 is 10.6 Å². The first-order valence-electron chi connectivity index (χ1n) is 8.49. The molecule has 4 nitrogen and oxygen atoms in total. The second-order valence-electron chi connectivity index (χ2n) is 5.94. The fourth-order valence-corrected chi connectivity index (χ4v) is 2.65. The molecule has 0 fully saturated rings. The Morgan fingerprint density at radius 3 is 2.29 bits per heavy atom. The predicted molar refractivity (Wildman–Crippen MR) is 92.1 cm³/mol. The maximum Gasteiger partial charge on any atom is 0.135 e. The zero-order valence-corrected chi connectivity index (χ0v) is 14.4. The van der Waals surface area contributed by atoms with Crippen molar-refractivity contribution in [1.82, 2.24) is 9.97 Å². The highest BCUT2D eigenvalue weighted by molar-refractivity contribution is 5.59. The minimum Gasteiger partial charge on any atom is -0.370 e. The molecule has 0 bridgehead atoms. The van der Waals surface area contributed by atoms with Crippen molar-refractivity contribution in [2.75, 3.05) is 17.2 Å². The Bertz CT molecular complexity index is 404. The summed E-state index contributed by atoms with van der Waals surface area (Å²) in [4.78, 5) is 8.91. The van der Waals surface area contributed by atoms with Crippen LogP contribution in [-0.2, 0) is 0 Å². The van der Waals surface area contributed by atoms with Gasteiger partial charge in [0.05, 0.1) is 0 Å². The maximum atomic E-state index is 4.51. The number of nitrogens with one attached hydrogen (secondary N) is 2. The molecule has 0 amide bonds. The third-order valence-corrected chi connectivity index (χ3v) is 3.69. The summed E-state index contributed by atoms with van der Waals surface area (Å²) in [6, 6.07) is 0.511. The van der Waals surface area contributed by atoms with Crippen molar-refractivity contribution in [2.24, 2.45) is 0 Å². The molecule has 0 aliphatic rings. The van der Waals surface area contributed by atoms with Crippen LogP contribution in [-0.4, -0.2) is 22.6 Å². The molecule has 21 heavy (non-hydrogen) atoms. The van der Waals surface area contributed by atoms with Gasteiger partial charge in [0, 0.05) is 18.2 Å². The molecule has 1 atom stereocenters. The van der Waals surface area contributed by atoms with E-state index in [1.54, 1.807) is 6.33 Å². The van der Waals surface area contributed by atoms with E-state index < -0.39 is 0 Å². The molecule has 2 N–H and O–H groups in total. The molecule has 0 saturated heterocycles. The predicted octanol–water partition coefficient (Wildman–Crippen LogP) is 4.80. The van der Waals surface area contributed by atoms with E-state index in [0.717, 1.165) is 18.2 Å². The molecule has 0 aliphatic heterocycles. The van der Waals surface area contributed by atoms with Crippen molar-refractivity contribution in [1.29, 1.82) is 0 Å². The summed E-state index contributed by atoms with van der Waals surface area (Å²) in [5, 5.41) is 7.03. The highest BCUT2D eigenvalue weighted by atomic mass is 15.1. The molecular formula is C17H32N4. The van der Waals surface area contributed by atoms with Crippen LogP contribution in [0.2, 0.25) is 0 Å². The van der Waals surface area contributed by atoms with Gasteiger partial charge >= 0.3 is 0 Å². The highest BCUT2D eigenvalue weighted by Crippen LogP contribution is 2.29. The number of unbranched alkanes of at least 4 members (excludes halogenated alkanes) is 1. The first-order chi connectivity index (χ1) is 10.1. The summed E-state index contributed by atoms with van der Waals surface area (Å²) in [5.41, 5.74) is 1.21. The van der Waals surface area contributed by atoms with Crippen molar-refractivity contribution in [3.63, 3.8) is 0 Å². The van der Waals surface area contributed by atoms with Crippen LogP contribution >= 0.6 is 0 Å². The monoisotopic (exact) mass is 292 g/mol. The molecule has 0 saturated carbocycles. The zero-order chi connectivity index (χ0) is 15.7. The zero-order valence-electron chi connectivity index (χ0n) is 14.4. The summed E-state index contributed by atoms with van der Waals surface area (Å²) >= 11 is 0. The third-order valence-electron chi connectivity index (χ3n) is 3.69. The smallest absolute Gasteiger partial charge is 0.135 e. The molecule has 0 spiro atoms. The van der Waals surface area contributed by atoms with Gasteiger partial charge in [0.25, 0.3) is 0 Å². The molecule has 4 heteroatoms. The lowest BCUT2D eigenvalue weighted by atomic mass is 10.0. The Balaban J connectivity index is 2.95. The van der Waals surface area contributed by atoms with E-state index in [0.29, 0.717) is 12.0 Å². The van der Waals surface area contributed by atoms with Gasteiger partial charge in [-0.3, -0.25) is 0 Å². The van der Waals surface area contributed by atoms with Gasteiger partial charge in [-0.1, -0.05) is 47.0 Å². The lowest BCUT2D eigenvalue weighted by Crippen LogP contribution is -2.22. The normalized spacial score (nSPS) is 12.5. The minimum absolute atomic E-state index is 0.399. The minimum atomic E-state index is 0.399. The Kier molecular flexibility index (Phi) is 8.09. The van der Waals surface area contributed by atoms with Gasteiger partial charge in [-0.15, -0.1) is 0 Å². The Hall–Kier alpha value is -1.32. The molecular weight excluding hydrogens is 260 g/mol. The molecule has 0 aromatic carbocycles. The van der Waals surface area contributed by atoms with Crippen LogP contribution in [0.4, 0.5) is 11.6 Å². The average Bonchev–Trinajstić information content (AvgIpc) is 2.45. The van der Waals surface area contributed by atoms with Crippen molar-refractivity contribution in [3.8, 4) is 0 Å². The van der Waals surface area contributed by atoms with E-state index in [1.165, 1.54) is 37.7 Å². The molecule has 1 rings (SSSR count). The largest absolute Gasteiger partial charge is 0.370 e. The summed E-state index contributed by atoms with van der Waals surface area (Å²) < 4.78 is 0. The summed E-state index contributed by atoms with van der Waals surface area (Å²) in [6.07, 6.45) is 7.77. The Morgan fingerprint density at radius 1 is 1.00 bits per heavy atom. The quantitative estimate of drug-likeness (QED) is 0.650. The van der Waals surface area contributed by atoms with Crippen LogP contribution in [0.15, 0.2) is 6.33 Å². The van der Waals surface area contributed by atoms with Crippen LogP contribution in [0.25, 0.3) is 0 Å². The van der Waals surface area contributed by atoms with Gasteiger partial charge in [-0.2, -0.15) is 0 Å². The van der Waals surface area contributed by atoms with Crippen molar-refractivity contribution >= 4 is 11.6 Å². The van der Waals surface area contributed by atoms with Crippen LogP contribution in [0.1, 0.15) is 78.2 Å². The average molecular weight is 292 g/mol. The Morgan fingerprint density at radius 2 is 1.71 bits per heavy atom. The van der Waals surface area contributed by atoms with E-state index in [9.17, 15) is 0 Å². The molecule has 120 valence electrons. The van der Waals surface area contributed by atoms with Crippen molar-refractivity contribution in [2.45, 2.75) is 78.7 Å². The lowest BCUT2D eigenvalue weighted by Gasteiger charge is -2.23. The molecule has 1 aromatic heterocycles. The number of aromatic nitrogens is 2. The van der Waals surface area contributed by atoms with Crippen LogP contribution in [0.3, 0.4) is 0 Å². The fraction of sp³-hybridized carbons (Fsp3) is 0.765. The van der Waals surface area contributed by atoms with Gasteiger partial charge in [0.1, 0.15) is 18.0 Å². The number of anilines is 2. The van der Waals surface area contributed by atoms with Gasteiger partial charge in [0.15, 0.2) is 0 Å².